The maximum Gasteiger partial charge on any atom is 0.416 e. The molecule has 0 saturated heterocycles. The molecule has 0 aliphatic heterocycles. The van der Waals surface area contributed by atoms with Crippen LogP contribution in [-0.2, 0) is 12.7 Å². The Morgan fingerprint density at radius 3 is 2.38 bits per heavy atom. The first-order chi connectivity index (χ1) is 9.75. The van der Waals surface area contributed by atoms with E-state index in [0.717, 1.165) is 12.1 Å². The van der Waals surface area contributed by atoms with E-state index in [1.807, 2.05) is 0 Å². The first-order valence-corrected chi connectivity index (χ1v) is 7.40. The Morgan fingerprint density at radius 1 is 1.00 bits per heavy atom. The van der Waals surface area contributed by atoms with Crippen molar-refractivity contribution in [2.75, 3.05) is 5.32 Å². The average Bonchev–Trinajstić information content (AvgIpc) is 2.38. The molecule has 0 amide bonds. The van der Waals surface area contributed by atoms with E-state index in [0.29, 0.717) is 20.2 Å². The minimum absolute atomic E-state index is 0.200. The molecule has 0 aliphatic carbocycles. The molecule has 0 heterocycles. The van der Waals surface area contributed by atoms with Crippen molar-refractivity contribution in [1.82, 2.24) is 0 Å². The highest BCUT2D eigenvalue weighted by atomic mass is 79.9. The number of halogens is 6. The second kappa shape index (κ2) is 6.36. The van der Waals surface area contributed by atoms with Crippen molar-refractivity contribution >= 4 is 37.5 Å². The third kappa shape index (κ3) is 4.44. The predicted octanol–water partition coefficient (Wildman–Crippen LogP) is 5.98. The Hall–Kier alpha value is -1.08. The summed E-state index contributed by atoms with van der Waals surface area (Å²) in [5, 5.41) is 2.86. The minimum atomic E-state index is -4.42. The number of alkyl halides is 3. The van der Waals surface area contributed by atoms with Gasteiger partial charge in [-0.25, -0.2) is 4.39 Å². The summed E-state index contributed by atoms with van der Waals surface area (Å²) in [6.07, 6.45) is -4.42. The maximum atomic E-state index is 13.2. The van der Waals surface area contributed by atoms with Gasteiger partial charge in [0.15, 0.2) is 0 Å². The van der Waals surface area contributed by atoms with Crippen LogP contribution in [0.3, 0.4) is 0 Å². The van der Waals surface area contributed by atoms with Crippen LogP contribution in [0, 0.1) is 5.82 Å². The second-order valence-electron chi connectivity index (χ2n) is 4.32. The van der Waals surface area contributed by atoms with E-state index in [1.54, 1.807) is 6.07 Å². The predicted molar refractivity (Wildman–Crippen MR) is 80.6 cm³/mol. The van der Waals surface area contributed by atoms with Crippen LogP contribution in [-0.4, -0.2) is 0 Å². The zero-order valence-corrected chi connectivity index (χ0v) is 13.6. The fourth-order valence-electron chi connectivity index (χ4n) is 1.73. The largest absolute Gasteiger partial charge is 0.416 e. The van der Waals surface area contributed by atoms with Crippen LogP contribution >= 0.6 is 31.9 Å². The highest BCUT2D eigenvalue weighted by Crippen LogP contribution is 2.33. The van der Waals surface area contributed by atoms with Crippen LogP contribution in [0.1, 0.15) is 11.1 Å². The zero-order valence-electron chi connectivity index (χ0n) is 10.4. The second-order valence-corrected chi connectivity index (χ2v) is 6.09. The average molecular weight is 427 g/mol. The highest BCUT2D eigenvalue weighted by Gasteiger charge is 2.31. The lowest BCUT2D eigenvalue weighted by atomic mass is 10.1. The molecule has 2 aromatic carbocycles. The third-order valence-electron chi connectivity index (χ3n) is 2.72. The van der Waals surface area contributed by atoms with Crippen molar-refractivity contribution in [1.29, 1.82) is 0 Å². The molecule has 0 aromatic heterocycles. The van der Waals surface area contributed by atoms with E-state index in [4.69, 9.17) is 0 Å². The molecule has 1 nitrogen and oxygen atoms in total. The highest BCUT2D eigenvalue weighted by molar-refractivity contribution is 9.10. The van der Waals surface area contributed by atoms with Crippen molar-refractivity contribution in [2.24, 2.45) is 0 Å². The number of anilines is 1. The summed E-state index contributed by atoms with van der Waals surface area (Å²) in [7, 11) is 0. The fraction of sp³-hybridized carbons (Fsp3) is 0.143. The summed E-state index contributed by atoms with van der Waals surface area (Å²) >= 11 is 6.32. The van der Waals surface area contributed by atoms with E-state index in [1.165, 1.54) is 18.2 Å². The van der Waals surface area contributed by atoms with Gasteiger partial charge in [-0.1, -0.05) is 31.9 Å². The van der Waals surface area contributed by atoms with Gasteiger partial charge in [-0.2, -0.15) is 13.2 Å². The third-order valence-corrected chi connectivity index (χ3v) is 3.95. The van der Waals surface area contributed by atoms with Gasteiger partial charge in [0, 0.05) is 21.2 Å². The lowest BCUT2D eigenvalue weighted by Gasteiger charge is -2.12. The lowest BCUT2D eigenvalue weighted by Crippen LogP contribution is -2.07. The molecule has 2 aromatic rings. The molecule has 0 aliphatic rings. The maximum absolute atomic E-state index is 13.2. The zero-order chi connectivity index (χ0) is 15.6. The van der Waals surface area contributed by atoms with Crippen LogP contribution in [0.2, 0.25) is 0 Å². The molecule has 1 N–H and O–H groups in total. The van der Waals surface area contributed by atoms with Gasteiger partial charge in [0.25, 0.3) is 0 Å². The van der Waals surface area contributed by atoms with Crippen LogP contribution in [0.25, 0.3) is 0 Å². The van der Waals surface area contributed by atoms with Gasteiger partial charge in [-0.05, 0) is 42.0 Å². The molecular weight excluding hydrogens is 418 g/mol. The molecule has 2 rings (SSSR count). The van der Waals surface area contributed by atoms with Crippen molar-refractivity contribution in [2.45, 2.75) is 12.7 Å². The number of rotatable bonds is 3. The van der Waals surface area contributed by atoms with Gasteiger partial charge >= 0.3 is 6.18 Å². The Morgan fingerprint density at radius 2 is 1.71 bits per heavy atom. The minimum Gasteiger partial charge on any atom is -0.381 e. The van der Waals surface area contributed by atoms with Crippen LogP contribution < -0.4 is 5.32 Å². The Bertz CT molecular complexity index is 656. The molecule has 0 fully saturated rings. The van der Waals surface area contributed by atoms with Crippen LogP contribution in [0.5, 0.6) is 0 Å². The Kier molecular flexibility index (Phi) is 4.93. The van der Waals surface area contributed by atoms with Gasteiger partial charge in [0.05, 0.1) is 5.56 Å². The summed E-state index contributed by atoms with van der Waals surface area (Å²) < 4.78 is 52.3. The molecule has 0 spiro atoms. The summed E-state index contributed by atoms with van der Waals surface area (Å²) in [5.74, 6) is -0.403. The summed E-state index contributed by atoms with van der Waals surface area (Å²) in [6, 6.07) is 7.71. The molecule has 112 valence electrons. The number of nitrogens with one attached hydrogen (secondary N) is 1. The number of benzene rings is 2. The topological polar surface area (TPSA) is 12.0 Å². The van der Waals surface area contributed by atoms with Gasteiger partial charge < -0.3 is 5.32 Å². The van der Waals surface area contributed by atoms with E-state index >= 15 is 0 Å². The van der Waals surface area contributed by atoms with Gasteiger partial charge in [0.1, 0.15) is 5.82 Å². The quantitative estimate of drug-likeness (QED) is 0.595. The van der Waals surface area contributed by atoms with E-state index < -0.39 is 17.6 Å². The van der Waals surface area contributed by atoms with E-state index in [9.17, 15) is 17.6 Å². The van der Waals surface area contributed by atoms with Crippen LogP contribution in [0.4, 0.5) is 23.2 Å². The molecule has 7 heteroatoms. The molecular formula is C14H9Br2F4N. The lowest BCUT2D eigenvalue weighted by molar-refractivity contribution is -0.137. The fourth-order valence-corrected chi connectivity index (χ4v) is 2.61. The molecule has 21 heavy (non-hydrogen) atoms. The van der Waals surface area contributed by atoms with Gasteiger partial charge in [-0.15, -0.1) is 0 Å². The van der Waals surface area contributed by atoms with Gasteiger partial charge in [-0.3, -0.25) is 0 Å². The smallest absolute Gasteiger partial charge is 0.381 e. The SMILES string of the molecule is Fc1ccc(Br)c(CNc2cc(Br)cc(C(F)(F)F)c2)c1. The van der Waals surface area contributed by atoms with Crippen molar-refractivity contribution in [3.8, 4) is 0 Å². The van der Waals surface area contributed by atoms with E-state index in [2.05, 4.69) is 37.2 Å². The Balaban J connectivity index is 2.20. The summed E-state index contributed by atoms with van der Waals surface area (Å²) in [4.78, 5) is 0. The molecule has 0 bridgehead atoms. The molecule has 0 unspecified atom stereocenters. The first kappa shape index (κ1) is 16.3. The molecule has 0 atom stereocenters. The summed E-state index contributed by atoms with van der Waals surface area (Å²) in [6.45, 7) is 0.200. The van der Waals surface area contributed by atoms with Crippen molar-refractivity contribution in [3.63, 3.8) is 0 Å². The summed E-state index contributed by atoms with van der Waals surface area (Å²) in [5.41, 5.74) is 0.161. The standard InChI is InChI=1S/C14H9Br2F4N/c15-10-4-9(14(18,19)20)5-12(6-10)21-7-8-3-11(17)1-2-13(8)16/h1-6,21H,7H2. The van der Waals surface area contributed by atoms with Crippen molar-refractivity contribution < 1.29 is 17.6 Å². The van der Waals surface area contributed by atoms with Crippen LogP contribution in [0.15, 0.2) is 45.3 Å². The number of hydrogen-bond donors (Lipinski definition) is 1. The monoisotopic (exact) mass is 425 g/mol. The number of hydrogen-bond acceptors (Lipinski definition) is 1. The van der Waals surface area contributed by atoms with E-state index in [-0.39, 0.29) is 6.54 Å². The van der Waals surface area contributed by atoms with Crippen molar-refractivity contribution in [3.05, 3.63) is 62.3 Å². The normalized spacial score (nSPS) is 11.5. The molecule has 0 radical (unpaired) electrons. The van der Waals surface area contributed by atoms with Gasteiger partial charge in [0.2, 0.25) is 0 Å². The first-order valence-electron chi connectivity index (χ1n) is 5.81. The Labute approximate surface area is 135 Å². The molecule has 0 saturated carbocycles.